The van der Waals surface area contributed by atoms with Crippen molar-refractivity contribution in [3.8, 4) is 5.75 Å². The molecule has 30 heavy (non-hydrogen) atoms. The van der Waals surface area contributed by atoms with Gasteiger partial charge in [0, 0.05) is 18.7 Å². The Labute approximate surface area is 174 Å². The van der Waals surface area contributed by atoms with Crippen molar-refractivity contribution in [2.24, 2.45) is 0 Å². The van der Waals surface area contributed by atoms with Gasteiger partial charge in [-0.05, 0) is 60.9 Å². The maximum Gasteiger partial charge on any atom is 0.261 e. The lowest BCUT2D eigenvalue weighted by molar-refractivity contribution is -0.134. The average Bonchev–Trinajstić information content (AvgIpc) is 3.25. The Morgan fingerprint density at radius 2 is 1.83 bits per heavy atom. The van der Waals surface area contributed by atoms with Gasteiger partial charge in [-0.25, -0.2) is 8.78 Å². The minimum absolute atomic E-state index is 0.114. The van der Waals surface area contributed by atoms with E-state index in [0.717, 1.165) is 24.2 Å². The van der Waals surface area contributed by atoms with Gasteiger partial charge in [-0.15, -0.1) is 0 Å². The van der Waals surface area contributed by atoms with E-state index < -0.39 is 0 Å². The maximum atomic E-state index is 14.0. The van der Waals surface area contributed by atoms with Crippen molar-refractivity contribution >= 4 is 5.91 Å². The summed E-state index contributed by atoms with van der Waals surface area (Å²) in [4.78, 5) is 19.2. The van der Waals surface area contributed by atoms with Crippen LogP contribution in [-0.2, 0) is 11.2 Å². The Morgan fingerprint density at radius 3 is 2.63 bits per heavy atom. The molecular formula is C24H22F2N2O2. The zero-order valence-corrected chi connectivity index (χ0v) is 16.4. The van der Waals surface area contributed by atoms with E-state index in [0.29, 0.717) is 24.3 Å². The van der Waals surface area contributed by atoms with E-state index in [2.05, 4.69) is 0 Å². The summed E-state index contributed by atoms with van der Waals surface area (Å²) in [6, 6.07) is 17.8. The van der Waals surface area contributed by atoms with E-state index in [1.165, 1.54) is 30.3 Å². The monoisotopic (exact) mass is 408 g/mol. The van der Waals surface area contributed by atoms with Crippen LogP contribution in [0.15, 0.2) is 66.7 Å². The molecule has 0 saturated carbocycles. The first-order chi connectivity index (χ1) is 14.6. The van der Waals surface area contributed by atoms with Gasteiger partial charge in [-0.3, -0.25) is 9.78 Å². The van der Waals surface area contributed by atoms with E-state index in [-0.39, 0.29) is 30.2 Å². The zero-order chi connectivity index (χ0) is 20.9. The number of aromatic nitrogens is 1. The van der Waals surface area contributed by atoms with Crippen molar-refractivity contribution in [2.45, 2.75) is 25.3 Å². The molecule has 1 aliphatic heterocycles. The average molecular weight is 408 g/mol. The van der Waals surface area contributed by atoms with E-state index in [1.807, 2.05) is 18.2 Å². The summed E-state index contributed by atoms with van der Waals surface area (Å²) >= 11 is 0. The van der Waals surface area contributed by atoms with Gasteiger partial charge in [0.25, 0.3) is 5.91 Å². The minimum atomic E-state index is -0.352. The summed E-state index contributed by atoms with van der Waals surface area (Å²) < 4.78 is 32.5. The van der Waals surface area contributed by atoms with Crippen LogP contribution in [0.2, 0.25) is 0 Å². The lowest BCUT2D eigenvalue weighted by atomic mass is 10.1. The SMILES string of the molecule is O=C(COc1ccc(F)cc1)N1CCCC1c1cccc(Cc2ccccc2F)n1. The topological polar surface area (TPSA) is 42.4 Å². The third kappa shape index (κ3) is 4.64. The zero-order valence-electron chi connectivity index (χ0n) is 16.4. The van der Waals surface area contributed by atoms with Crippen molar-refractivity contribution in [3.05, 3.63) is 95.3 Å². The second kappa shape index (κ2) is 9.03. The molecule has 0 N–H and O–H groups in total. The molecule has 3 aromatic rings. The summed E-state index contributed by atoms with van der Waals surface area (Å²) in [6.45, 7) is 0.520. The van der Waals surface area contributed by atoms with Gasteiger partial charge in [0.15, 0.2) is 6.61 Å². The minimum Gasteiger partial charge on any atom is -0.484 e. The van der Waals surface area contributed by atoms with Crippen molar-refractivity contribution < 1.29 is 18.3 Å². The van der Waals surface area contributed by atoms with Gasteiger partial charge in [-0.1, -0.05) is 24.3 Å². The number of rotatable bonds is 6. The molecule has 1 fully saturated rings. The van der Waals surface area contributed by atoms with Gasteiger partial charge < -0.3 is 9.64 Å². The first-order valence-corrected chi connectivity index (χ1v) is 9.97. The summed E-state index contributed by atoms with van der Waals surface area (Å²) in [7, 11) is 0. The summed E-state index contributed by atoms with van der Waals surface area (Å²) in [5.74, 6) is -0.288. The fourth-order valence-corrected chi connectivity index (χ4v) is 3.75. The largest absolute Gasteiger partial charge is 0.484 e. The summed E-state index contributed by atoms with van der Waals surface area (Å²) in [6.07, 6.45) is 2.10. The highest BCUT2D eigenvalue weighted by molar-refractivity contribution is 5.78. The Kier molecular flexibility index (Phi) is 6.02. The Balaban J connectivity index is 1.44. The van der Waals surface area contributed by atoms with Crippen molar-refractivity contribution in [1.82, 2.24) is 9.88 Å². The molecule has 154 valence electrons. The molecule has 1 unspecified atom stereocenters. The Bertz CT molecular complexity index is 1020. The van der Waals surface area contributed by atoms with Crippen molar-refractivity contribution in [1.29, 1.82) is 0 Å². The molecule has 0 aliphatic carbocycles. The maximum absolute atomic E-state index is 14.0. The predicted octanol–water partition coefficient (Wildman–Crippen LogP) is 4.69. The summed E-state index contributed by atoms with van der Waals surface area (Å²) in [5.41, 5.74) is 2.16. The van der Waals surface area contributed by atoms with Crippen LogP contribution in [0, 0.1) is 11.6 Å². The number of ether oxygens (including phenoxy) is 1. The van der Waals surface area contributed by atoms with Crippen LogP contribution in [-0.4, -0.2) is 28.9 Å². The van der Waals surface area contributed by atoms with Gasteiger partial charge in [0.2, 0.25) is 0 Å². The molecule has 0 radical (unpaired) electrons. The normalized spacial score (nSPS) is 15.9. The van der Waals surface area contributed by atoms with Gasteiger partial charge in [-0.2, -0.15) is 0 Å². The number of benzene rings is 2. The first kappa shape index (κ1) is 20.0. The molecular weight excluding hydrogens is 386 g/mol. The molecule has 4 nitrogen and oxygen atoms in total. The number of pyridine rings is 1. The van der Waals surface area contributed by atoms with Crippen LogP contribution < -0.4 is 4.74 Å². The first-order valence-electron chi connectivity index (χ1n) is 9.97. The van der Waals surface area contributed by atoms with Gasteiger partial charge in [0.1, 0.15) is 17.4 Å². The van der Waals surface area contributed by atoms with Crippen LogP contribution in [0.3, 0.4) is 0 Å². The Morgan fingerprint density at radius 1 is 1.03 bits per heavy atom. The predicted molar refractivity (Wildman–Crippen MR) is 109 cm³/mol. The van der Waals surface area contributed by atoms with E-state index >= 15 is 0 Å². The molecule has 1 saturated heterocycles. The second-order valence-electron chi connectivity index (χ2n) is 7.31. The molecule has 2 heterocycles. The highest BCUT2D eigenvalue weighted by Crippen LogP contribution is 2.31. The smallest absolute Gasteiger partial charge is 0.261 e. The molecule has 4 rings (SSSR count). The molecule has 2 aromatic carbocycles. The fraction of sp³-hybridized carbons (Fsp3) is 0.250. The highest BCUT2D eigenvalue weighted by Gasteiger charge is 2.31. The standard InChI is InChI=1S/C24H22F2N2O2/c25-18-10-12-20(13-11-18)30-16-24(29)28-14-4-9-23(28)22-8-3-6-19(27-22)15-17-5-1-2-7-21(17)26/h1-3,5-8,10-13,23H,4,9,14-16H2. The third-order valence-corrected chi connectivity index (χ3v) is 5.25. The molecule has 1 aromatic heterocycles. The van der Waals surface area contributed by atoms with Crippen LogP contribution in [0.4, 0.5) is 8.78 Å². The van der Waals surface area contributed by atoms with Crippen LogP contribution in [0.25, 0.3) is 0 Å². The second-order valence-corrected chi connectivity index (χ2v) is 7.31. The molecule has 0 spiro atoms. The summed E-state index contributed by atoms with van der Waals surface area (Å²) in [5, 5.41) is 0. The van der Waals surface area contributed by atoms with Crippen LogP contribution in [0.5, 0.6) is 5.75 Å². The van der Waals surface area contributed by atoms with Crippen LogP contribution >= 0.6 is 0 Å². The Hall–Kier alpha value is -3.28. The molecule has 0 bridgehead atoms. The lowest BCUT2D eigenvalue weighted by Crippen LogP contribution is -2.34. The number of nitrogens with zero attached hydrogens (tertiary/aromatic N) is 2. The molecule has 6 heteroatoms. The highest BCUT2D eigenvalue weighted by atomic mass is 19.1. The number of halogens is 2. The van der Waals surface area contributed by atoms with Crippen LogP contribution in [0.1, 0.15) is 35.8 Å². The number of hydrogen-bond acceptors (Lipinski definition) is 3. The van der Waals surface area contributed by atoms with E-state index in [1.54, 1.807) is 23.1 Å². The quantitative estimate of drug-likeness (QED) is 0.594. The van der Waals surface area contributed by atoms with E-state index in [4.69, 9.17) is 9.72 Å². The van der Waals surface area contributed by atoms with Crippen molar-refractivity contribution in [2.75, 3.05) is 13.2 Å². The number of hydrogen-bond donors (Lipinski definition) is 0. The molecule has 1 atom stereocenters. The lowest BCUT2D eigenvalue weighted by Gasteiger charge is -2.24. The molecule has 1 amide bonds. The fourth-order valence-electron chi connectivity index (χ4n) is 3.75. The number of carbonyl (C=O) groups excluding carboxylic acids is 1. The number of carbonyl (C=O) groups is 1. The number of amides is 1. The van der Waals surface area contributed by atoms with E-state index in [9.17, 15) is 13.6 Å². The van der Waals surface area contributed by atoms with Crippen molar-refractivity contribution in [3.63, 3.8) is 0 Å². The number of likely N-dealkylation sites (tertiary alicyclic amines) is 1. The third-order valence-electron chi connectivity index (χ3n) is 5.25. The molecule has 1 aliphatic rings. The van der Waals surface area contributed by atoms with Gasteiger partial charge >= 0.3 is 0 Å². The van der Waals surface area contributed by atoms with Gasteiger partial charge in [0.05, 0.1) is 11.7 Å².